The molecule has 160 valence electrons. The van der Waals surface area contributed by atoms with Crippen LogP contribution in [0.4, 0.5) is 21.3 Å². The van der Waals surface area contributed by atoms with Gasteiger partial charge in [-0.15, -0.1) is 0 Å². The number of halogens is 1. The molecule has 8 nitrogen and oxygen atoms in total. The van der Waals surface area contributed by atoms with Crippen molar-refractivity contribution < 1.29 is 19.1 Å². The van der Waals surface area contributed by atoms with Gasteiger partial charge in [0.15, 0.2) is 5.13 Å². The molecular weight excluding hydrogens is 440 g/mol. The summed E-state index contributed by atoms with van der Waals surface area (Å²) in [6.07, 6.45) is 0. The molecular formula is C21H19ClN4O4S. The highest BCUT2D eigenvalue weighted by atomic mass is 35.5. The van der Waals surface area contributed by atoms with Gasteiger partial charge < -0.3 is 15.4 Å². The SMILES string of the molecule is CCOC(=O)c1ccc(NC(=O)c2sc(NC(=O)Nc3cccc(Cl)c3)nc2C)cc1. The Bertz CT molecular complexity index is 1110. The van der Waals surface area contributed by atoms with E-state index in [1.807, 2.05) is 0 Å². The lowest BCUT2D eigenvalue weighted by molar-refractivity contribution is 0.0526. The lowest BCUT2D eigenvalue weighted by Gasteiger charge is -2.06. The number of nitrogens with zero attached hydrogens (tertiary/aromatic N) is 1. The molecule has 3 rings (SSSR count). The third kappa shape index (κ3) is 6.03. The molecule has 0 radical (unpaired) electrons. The number of aromatic nitrogens is 1. The van der Waals surface area contributed by atoms with Crippen molar-refractivity contribution in [2.45, 2.75) is 13.8 Å². The molecule has 0 fully saturated rings. The van der Waals surface area contributed by atoms with Gasteiger partial charge in [0.05, 0.1) is 17.9 Å². The van der Waals surface area contributed by atoms with Crippen LogP contribution in [0.2, 0.25) is 5.02 Å². The zero-order valence-corrected chi connectivity index (χ0v) is 18.3. The predicted molar refractivity (Wildman–Crippen MR) is 121 cm³/mol. The van der Waals surface area contributed by atoms with Gasteiger partial charge in [0.2, 0.25) is 0 Å². The Morgan fingerprint density at radius 1 is 1.03 bits per heavy atom. The van der Waals surface area contributed by atoms with Gasteiger partial charge in [0, 0.05) is 16.4 Å². The standard InChI is InChI=1S/C21H19ClN4O4S/c1-3-30-19(28)13-7-9-15(10-8-13)24-18(27)17-12(2)23-21(31-17)26-20(29)25-16-6-4-5-14(22)11-16/h4-11H,3H2,1-2H3,(H,24,27)(H2,23,25,26,29). The maximum Gasteiger partial charge on any atom is 0.338 e. The number of ether oxygens (including phenoxy) is 1. The molecule has 0 atom stereocenters. The zero-order valence-electron chi connectivity index (χ0n) is 16.7. The number of anilines is 3. The van der Waals surface area contributed by atoms with Gasteiger partial charge >= 0.3 is 12.0 Å². The van der Waals surface area contributed by atoms with Crippen LogP contribution in [0.3, 0.4) is 0 Å². The molecule has 0 spiro atoms. The smallest absolute Gasteiger partial charge is 0.338 e. The number of carbonyl (C=O) groups excluding carboxylic acids is 3. The summed E-state index contributed by atoms with van der Waals surface area (Å²) in [5.41, 5.74) is 1.91. The van der Waals surface area contributed by atoms with E-state index in [9.17, 15) is 14.4 Å². The molecule has 0 unspecified atom stereocenters. The Balaban J connectivity index is 1.62. The molecule has 3 N–H and O–H groups in total. The van der Waals surface area contributed by atoms with Crippen molar-refractivity contribution >= 4 is 57.4 Å². The summed E-state index contributed by atoms with van der Waals surface area (Å²) in [5, 5.41) is 8.77. The van der Waals surface area contributed by atoms with Gasteiger partial charge in [0.25, 0.3) is 5.91 Å². The summed E-state index contributed by atoms with van der Waals surface area (Å²) in [5.74, 6) is -0.798. The van der Waals surface area contributed by atoms with E-state index in [-0.39, 0.29) is 17.6 Å². The Hall–Kier alpha value is -3.43. The molecule has 0 aliphatic rings. The van der Waals surface area contributed by atoms with E-state index in [4.69, 9.17) is 16.3 Å². The van der Waals surface area contributed by atoms with E-state index in [1.54, 1.807) is 62.4 Å². The molecule has 0 aliphatic heterocycles. The molecule has 3 amide bonds. The van der Waals surface area contributed by atoms with Crippen molar-refractivity contribution in [2.75, 3.05) is 22.6 Å². The highest BCUT2D eigenvalue weighted by Crippen LogP contribution is 2.24. The first-order chi connectivity index (χ1) is 14.9. The summed E-state index contributed by atoms with van der Waals surface area (Å²) in [7, 11) is 0. The second-order valence-corrected chi connectivity index (χ2v) is 7.71. The summed E-state index contributed by atoms with van der Waals surface area (Å²) < 4.78 is 4.93. The van der Waals surface area contributed by atoms with E-state index in [1.165, 1.54) is 0 Å². The van der Waals surface area contributed by atoms with Gasteiger partial charge in [-0.2, -0.15) is 0 Å². The van der Waals surface area contributed by atoms with Gasteiger partial charge in [-0.3, -0.25) is 10.1 Å². The first-order valence-electron chi connectivity index (χ1n) is 9.25. The van der Waals surface area contributed by atoms with Crippen molar-refractivity contribution in [1.82, 2.24) is 4.98 Å². The van der Waals surface area contributed by atoms with E-state index in [0.717, 1.165) is 11.3 Å². The maximum atomic E-state index is 12.6. The highest BCUT2D eigenvalue weighted by Gasteiger charge is 2.17. The number of thiazole rings is 1. The number of nitrogens with one attached hydrogen (secondary N) is 3. The van der Waals surface area contributed by atoms with Crippen molar-refractivity contribution in [1.29, 1.82) is 0 Å². The first kappa shape index (κ1) is 22.3. The number of amides is 3. The molecule has 2 aromatic carbocycles. The lowest BCUT2D eigenvalue weighted by Crippen LogP contribution is -2.19. The Kier molecular flexibility index (Phi) is 7.22. The van der Waals surface area contributed by atoms with Crippen molar-refractivity contribution in [3.05, 3.63) is 69.7 Å². The summed E-state index contributed by atoms with van der Waals surface area (Å²) >= 11 is 6.95. The molecule has 0 saturated carbocycles. The number of hydrogen-bond donors (Lipinski definition) is 3. The second kappa shape index (κ2) is 10.1. The van der Waals surface area contributed by atoms with Crippen LogP contribution in [0.15, 0.2) is 48.5 Å². The minimum Gasteiger partial charge on any atom is -0.462 e. The molecule has 0 saturated heterocycles. The Labute approximate surface area is 187 Å². The van der Waals surface area contributed by atoms with Gasteiger partial charge in [-0.25, -0.2) is 14.6 Å². The Morgan fingerprint density at radius 3 is 2.45 bits per heavy atom. The molecule has 3 aromatic rings. The lowest BCUT2D eigenvalue weighted by atomic mass is 10.2. The van der Waals surface area contributed by atoms with Crippen LogP contribution < -0.4 is 16.0 Å². The van der Waals surface area contributed by atoms with Crippen molar-refractivity contribution in [3.63, 3.8) is 0 Å². The summed E-state index contributed by atoms with van der Waals surface area (Å²) in [6, 6.07) is 12.6. The monoisotopic (exact) mass is 458 g/mol. The maximum absolute atomic E-state index is 12.6. The molecule has 1 heterocycles. The number of rotatable bonds is 6. The Morgan fingerprint density at radius 2 is 1.77 bits per heavy atom. The van der Waals surface area contributed by atoms with E-state index < -0.39 is 12.0 Å². The minimum absolute atomic E-state index is 0.278. The fourth-order valence-corrected chi connectivity index (χ4v) is 3.63. The average molecular weight is 459 g/mol. The largest absolute Gasteiger partial charge is 0.462 e. The van der Waals surface area contributed by atoms with E-state index in [0.29, 0.717) is 32.5 Å². The number of esters is 1. The van der Waals surface area contributed by atoms with Crippen molar-refractivity contribution in [2.24, 2.45) is 0 Å². The second-order valence-electron chi connectivity index (χ2n) is 6.27. The molecule has 31 heavy (non-hydrogen) atoms. The van der Waals surface area contributed by atoms with Crippen LogP contribution in [-0.2, 0) is 4.74 Å². The number of aryl methyl sites for hydroxylation is 1. The molecule has 0 bridgehead atoms. The fraction of sp³-hybridized carbons (Fsp3) is 0.143. The van der Waals surface area contributed by atoms with Crippen molar-refractivity contribution in [3.8, 4) is 0 Å². The predicted octanol–water partition coefficient (Wildman–Crippen LogP) is 5.18. The normalized spacial score (nSPS) is 10.3. The number of hydrogen-bond acceptors (Lipinski definition) is 6. The van der Waals surface area contributed by atoms with E-state index in [2.05, 4.69) is 20.9 Å². The molecule has 1 aromatic heterocycles. The molecule has 0 aliphatic carbocycles. The quantitative estimate of drug-likeness (QED) is 0.441. The van der Waals surface area contributed by atoms with E-state index >= 15 is 0 Å². The topological polar surface area (TPSA) is 109 Å². The summed E-state index contributed by atoms with van der Waals surface area (Å²) in [6.45, 7) is 3.69. The van der Waals surface area contributed by atoms with Crippen LogP contribution in [-0.4, -0.2) is 29.5 Å². The summed E-state index contributed by atoms with van der Waals surface area (Å²) in [4.78, 5) is 41.1. The van der Waals surface area contributed by atoms with Crippen LogP contribution in [0.5, 0.6) is 0 Å². The first-order valence-corrected chi connectivity index (χ1v) is 10.4. The number of urea groups is 1. The number of carbonyl (C=O) groups is 3. The van der Waals surface area contributed by atoms with Gasteiger partial charge in [0.1, 0.15) is 4.88 Å². The van der Waals surface area contributed by atoms with Crippen LogP contribution in [0, 0.1) is 6.92 Å². The number of benzene rings is 2. The van der Waals surface area contributed by atoms with Crippen LogP contribution in [0.25, 0.3) is 0 Å². The highest BCUT2D eigenvalue weighted by molar-refractivity contribution is 7.17. The fourth-order valence-electron chi connectivity index (χ4n) is 2.58. The zero-order chi connectivity index (χ0) is 22.4. The minimum atomic E-state index is -0.502. The third-order valence-electron chi connectivity index (χ3n) is 3.96. The third-order valence-corrected chi connectivity index (χ3v) is 5.27. The van der Waals surface area contributed by atoms with Gasteiger partial charge in [-0.05, 0) is 56.3 Å². The van der Waals surface area contributed by atoms with Gasteiger partial charge in [-0.1, -0.05) is 29.0 Å². The van der Waals surface area contributed by atoms with Crippen LogP contribution in [0.1, 0.15) is 32.6 Å². The molecule has 10 heteroatoms. The van der Waals surface area contributed by atoms with Crippen LogP contribution >= 0.6 is 22.9 Å². The average Bonchev–Trinajstić information content (AvgIpc) is 3.08.